The Labute approximate surface area is 94.8 Å². The van der Waals surface area contributed by atoms with Crippen LogP contribution in [0.4, 0.5) is 5.69 Å². The van der Waals surface area contributed by atoms with Gasteiger partial charge in [0.15, 0.2) is 0 Å². The highest BCUT2D eigenvalue weighted by atomic mass is 16.5. The van der Waals surface area contributed by atoms with E-state index in [2.05, 4.69) is 5.32 Å². The molecule has 1 aromatic rings. The van der Waals surface area contributed by atoms with Crippen LogP contribution in [0.5, 0.6) is 0 Å². The number of ketones is 1. The lowest BCUT2D eigenvalue weighted by atomic mass is 9.97. The second kappa shape index (κ2) is 3.32. The lowest BCUT2D eigenvalue weighted by molar-refractivity contribution is -0.0337. The summed E-state index contributed by atoms with van der Waals surface area (Å²) in [5.74, 6) is 0.0993. The summed E-state index contributed by atoms with van der Waals surface area (Å²) in [6, 6.07) is 5.88. The molecule has 3 nitrogen and oxygen atoms in total. The molecule has 84 valence electrons. The van der Waals surface area contributed by atoms with Gasteiger partial charge in [0.25, 0.3) is 0 Å². The van der Waals surface area contributed by atoms with E-state index in [-0.39, 0.29) is 5.78 Å². The van der Waals surface area contributed by atoms with Crippen LogP contribution in [-0.2, 0) is 4.74 Å². The number of benzene rings is 1. The van der Waals surface area contributed by atoms with E-state index in [0.717, 1.165) is 36.1 Å². The molecule has 0 aliphatic carbocycles. The molecule has 2 heterocycles. The fourth-order valence-electron chi connectivity index (χ4n) is 2.52. The summed E-state index contributed by atoms with van der Waals surface area (Å²) in [6.07, 6.45) is 2.87. The van der Waals surface area contributed by atoms with Gasteiger partial charge >= 0.3 is 0 Å². The maximum atomic E-state index is 12.3. The predicted octanol–water partition coefficient (Wildman–Crippen LogP) is 2.50. The molecule has 1 atom stereocenters. The first kappa shape index (κ1) is 9.85. The van der Waals surface area contributed by atoms with Gasteiger partial charge in [-0.05, 0) is 37.5 Å². The van der Waals surface area contributed by atoms with Crippen molar-refractivity contribution >= 4 is 11.5 Å². The van der Waals surface area contributed by atoms with Crippen LogP contribution in [0.25, 0.3) is 0 Å². The Morgan fingerprint density at radius 1 is 1.38 bits per heavy atom. The molecule has 0 saturated carbocycles. The van der Waals surface area contributed by atoms with Crippen LogP contribution >= 0.6 is 0 Å². The van der Waals surface area contributed by atoms with E-state index in [0.29, 0.717) is 6.61 Å². The SMILES string of the molecule is Cc1ccc2c(c1)NC1(CCCCO1)C2=O. The normalized spacial score (nSPS) is 27.9. The second-order valence-electron chi connectivity index (χ2n) is 4.64. The summed E-state index contributed by atoms with van der Waals surface area (Å²) in [6.45, 7) is 2.70. The molecule has 1 aromatic carbocycles. The zero-order valence-corrected chi connectivity index (χ0v) is 9.38. The van der Waals surface area contributed by atoms with Gasteiger partial charge in [-0.2, -0.15) is 0 Å². The maximum absolute atomic E-state index is 12.3. The molecule has 2 aliphatic rings. The van der Waals surface area contributed by atoms with E-state index in [1.54, 1.807) is 0 Å². The molecular weight excluding hydrogens is 202 g/mol. The highest BCUT2D eigenvalue weighted by molar-refractivity contribution is 6.12. The standard InChI is InChI=1S/C13H15NO2/c1-9-4-5-10-11(8-9)14-13(12(10)15)6-2-3-7-16-13/h4-5,8,14H,2-3,6-7H2,1H3. The van der Waals surface area contributed by atoms with Crippen molar-refractivity contribution in [3.63, 3.8) is 0 Å². The number of hydrogen-bond donors (Lipinski definition) is 1. The van der Waals surface area contributed by atoms with E-state index < -0.39 is 5.72 Å². The maximum Gasteiger partial charge on any atom is 0.217 e. The topological polar surface area (TPSA) is 38.3 Å². The largest absolute Gasteiger partial charge is 0.350 e. The van der Waals surface area contributed by atoms with E-state index in [9.17, 15) is 4.79 Å². The average molecular weight is 217 g/mol. The number of aryl methyl sites for hydroxylation is 1. The molecule has 3 heteroatoms. The number of carbonyl (C=O) groups is 1. The van der Waals surface area contributed by atoms with Crippen molar-refractivity contribution in [3.05, 3.63) is 29.3 Å². The van der Waals surface area contributed by atoms with Crippen LogP contribution in [0.2, 0.25) is 0 Å². The Balaban J connectivity index is 2.02. The number of Topliss-reactive ketones (excluding diaryl/α,β-unsaturated/α-hetero) is 1. The predicted molar refractivity (Wildman–Crippen MR) is 61.7 cm³/mol. The molecule has 1 unspecified atom stereocenters. The number of nitrogens with one attached hydrogen (secondary N) is 1. The minimum Gasteiger partial charge on any atom is -0.350 e. The van der Waals surface area contributed by atoms with Crippen LogP contribution < -0.4 is 5.32 Å². The number of fused-ring (bicyclic) bond motifs is 1. The second-order valence-corrected chi connectivity index (χ2v) is 4.64. The first-order chi connectivity index (χ1) is 7.71. The summed E-state index contributed by atoms with van der Waals surface area (Å²) in [7, 11) is 0. The average Bonchev–Trinajstić information content (AvgIpc) is 2.53. The molecule has 0 amide bonds. The zero-order chi connectivity index (χ0) is 11.2. The molecular formula is C13H15NO2. The monoisotopic (exact) mass is 217 g/mol. The molecule has 3 rings (SSSR count). The zero-order valence-electron chi connectivity index (χ0n) is 9.38. The highest BCUT2D eigenvalue weighted by Crippen LogP contribution is 2.38. The van der Waals surface area contributed by atoms with Crippen molar-refractivity contribution in [3.8, 4) is 0 Å². The van der Waals surface area contributed by atoms with Crippen molar-refractivity contribution in [1.29, 1.82) is 0 Å². The molecule has 0 bridgehead atoms. The molecule has 0 aromatic heterocycles. The van der Waals surface area contributed by atoms with Gasteiger partial charge in [-0.3, -0.25) is 4.79 Å². The molecule has 1 fully saturated rings. The highest BCUT2D eigenvalue weighted by Gasteiger charge is 2.47. The van der Waals surface area contributed by atoms with Crippen LogP contribution in [0.1, 0.15) is 35.2 Å². The third-order valence-electron chi connectivity index (χ3n) is 3.39. The van der Waals surface area contributed by atoms with Gasteiger partial charge in [0, 0.05) is 24.3 Å². The van der Waals surface area contributed by atoms with Gasteiger partial charge in [0.05, 0.1) is 0 Å². The third-order valence-corrected chi connectivity index (χ3v) is 3.39. The van der Waals surface area contributed by atoms with E-state index in [1.165, 1.54) is 0 Å². The van der Waals surface area contributed by atoms with Crippen molar-refractivity contribution in [2.75, 3.05) is 11.9 Å². The Hall–Kier alpha value is -1.35. The van der Waals surface area contributed by atoms with Crippen LogP contribution in [-0.4, -0.2) is 18.1 Å². The minimum atomic E-state index is -0.756. The lowest BCUT2D eigenvalue weighted by Gasteiger charge is -2.32. The number of carbonyl (C=O) groups excluding carboxylic acids is 1. The lowest BCUT2D eigenvalue weighted by Crippen LogP contribution is -2.46. The molecule has 1 saturated heterocycles. The van der Waals surface area contributed by atoms with Gasteiger partial charge in [0.1, 0.15) is 0 Å². The van der Waals surface area contributed by atoms with Crippen molar-refractivity contribution in [2.45, 2.75) is 31.9 Å². The van der Waals surface area contributed by atoms with Gasteiger partial charge < -0.3 is 10.1 Å². The first-order valence-electron chi connectivity index (χ1n) is 5.79. The van der Waals surface area contributed by atoms with Crippen LogP contribution in [0.15, 0.2) is 18.2 Å². The van der Waals surface area contributed by atoms with Crippen LogP contribution in [0.3, 0.4) is 0 Å². The Bertz CT molecular complexity index is 447. The summed E-state index contributed by atoms with van der Waals surface area (Å²) in [5.41, 5.74) is 2.10. The molecule has 2 aliphatic heterocycles. The summed E-state index contributed by atoms with van der Waals surface area (Å²) in [4.78, 5) is 12.3. The van der Waals surface area contributed by atoms with Gasteiger partial charge in [-0.1, -0.05) is 6.07 Å². The number of ether oxygens (including phenoxy) is 1. The molecule has 1 N–H and O–H groups in total. The number of anilines is 1. The van der Waals surface area contributed by atoms with E-state index in [1.807, 2.05) is 25.1 Å². The smallest absolute Gasteiger partial charge is 0.217 e. The fourth-order valence-corrected chi connectivity index (χ4v) is 2.52. The fraction of sp³-hybridized carbons (Fsp3) is 0.462. The number of hydrogen-bond acceptors (Lipinski definition) is 3. The first-order valence-corrected chi connectivity index (χ1v) is 5.79. The van der Waals surface area contributed by atoms with Gasteiger partial charge in [0.2, 0.25) is 11.5 Å². The van der Waals surface area contributed by atoms with E-state index >= 15 is 0 Å². The van der Waals surface area contributed by atoms with Gasteiger partial charge in [-0.25, -0.2) is 0 Å². The Morgan fingerprint density at radius 3 is 3.00 bits per heavy atom. The van der Waals surface area contributed by atoms with E-state index in [4.69, 9.17) is 4.74 Å². The molecule has 0 radical (unpaired) electrons. The Morgan fingerprint density at radius 2 is 2.25 bits per heavy atom. The Kier molecular flexibility index (Phi) is 2.04. The minimum absolute atomic E-state index is 0.0993. The number of rotatable bonds is 0. The summed E-state index contributed by atoms with van der Waals surface area (Å²) in [5, 5.41) is 3.27. The van der Waals surface area contributed by atoms with Gasteiger partial charge in [-0.15, -0.1) is 0 Å². The summed E-state index contributed by atoms with van der Waals surface area (Å²) >= 11 is 0. The van der Waals surface area contributed by atoms with Crippen molar-refractivity contribution < 1.29 is 9.53 Å². The van der Waals surface area contributed by atoms with Crippen LogP contribution in [0, 0.1) is 6.92 Å². The molecule has 16 heavy (non-hydrogen) atoms. The van der Waals surface area contributed by atoms with Crippen molar-refractivity contribution in [1.82, 2.24) is 0 Å². The van der Waals surface area contributed by atoms with Crippen molar-refractivity contribution in [2.24, 2.45) is 0 Å². The summed E-state index contributed by atoms with van der Waals surface area (Å²) < 4.78 is 5.70. The quantitative estimate of drug-likeness (QED) is 0.725. The third kappa shape index (κ3) is 1.28. The molecule has 1 spiro atoms.